The van der Waals surface area contributed by atoms with E-state index >= 15 is 0 Å². The summed E-state index contributed by atoms with van der Waals surface area (Å²) in [5.41, 5.74) is 5.01. The average Bonchev–Trinajstić information content (AvgIpc) is 2.45. The van der Waals surface area contributed by atoms with Crippen LogP contribution in [-0.2, 0) is 0 Å². The normalized spacial score (nSPS) is 26.2. The molecule has 0 radical (unpaired) electrons. The zero-order chi connectivity index (χ0) is 14.6. The summed E-state index contributed by atoms with van der Waals surface area (Å²) >= 11 is 0. The topological polar surface area (TPSA) is 96.1 Å². The van der Waals surface area contributed by atoms with Crippen molar-refractivity contribution in [1.29, 1.82) is 0 Å². The molecule has 1 aromatic heterocycles. The number of hydrogen-bond donors (Lipinski definition) is 4. The summed E-state index contributed by atoms with van der Waals surface area (Å²) in [7, 11) is 1.78. The Morgan fingerprint density at radius 3 is 2.60 bits per heavy atom. The van der Waals surface area contributed by atoms with Gasteiger partial charge in [-0.15, -0.1) is 0 Å². The predicted octanol–water partition coefficient (Wildman–Crippen LogP) is 1.84. The van der Waals surface area contributed by atoms with Crippen LogP contribution in [0.25, 0.3) is 0 Å². The summed E-state index contributed by atoms with van der Waals surface area (Å²) in [5.74, 6) is 2.30. The molecule has 5 N–H and O–H groups in total. The highest BCUT2D eigenvalue weighted by atomic mass is 16.3. The van der Waals surface area contributed by atoms with Crippen LogP contribution in [0.3, 0.4) is 0 Å². The van der Waals surface area contributed by atoms with E-state index < -0.39 is 5.60 Å². The minimum atomic E-state index is -0.634. The van der Waals surface area contributed by atoms with Gasteiger partial charge in [-0.1, -0.05) is 13.3 Å². The molecule has 0 aromatic carbocycles. The molecule has 6 heteroatoms. The third-order valence-electron chi connectivity index (χ3n) is 4.21. The number of nitrogens with two attached hydrogens (primary N) is 1. The van der Waals surface area contributed by atoms with Crippen molar-refractivity contribution >= 4 is 17.6 Å². The molecule has 0 unspecified atom stereocenters. The first-order valence-electron chi connectivity index (χ1n) is 7.33. The molecule has 0 aliphatic heterocycles. The molecule has 1 saturated carbocycles. The van der Waals surface area contributed by atoms with Crippen molar-refractivity contribution in [2.45, 2.75) is 44.6 Å². The molecule has 2 rings (SSSR count). The summed E-state index contributed by atoms with van der Waals surface area (Å²) < 4.78 is 0. The van der Waals surface area contributed by atoms with Gasteiger partial charge >= 0.3 is 0 Å². The quantitative estimate of drug-likeness (QED) is 0.657. The Bertz CT molecular complexity index is 443. The van der Waals surface area contributed by atoms with Crippen molar-refractivity contribution < 1.29 is 5.11 Å². The molecular weight excluding hydrogens is 254 g/mol. The number of nitrogens with one attached hydrogen (secondary N) is 2. The second-order valence-corrected chi connectivity index (χ2v) is 5.68. The Morgan fingerprint density at radius 1 is 1.35 bits per heavy atom. The maximum atomic E-state index is 10.6. The fourth-order valence-electron chi connectivity index (χ4n) is 2.74. The van der Waals surface area contributed by atoms with E-state index in [1.165, 1.54) is 6.42 Å². The van der Waals surface area contributed by atoms with E-state index in [9.17, 15) is 5.11 Å². The first kappa shape index (κ1) is 14.8. The fourth-order valence-corrected chi connectivity index (χ4v) is 2.74. The summed E-state index contributed by atoms with van der Waals surface area (Å²) in [5, 5.41) is 16.7. The highest BCUT2D eigenvalue weighted by Crippen LogP contribution is 2.33. The third-order valence-corrected chi connectivity index (χ3v) is 4.21. The minimum Gasteiger partial charge on any atom is -0.388 e. The van der Waals surface area contributed by atoms with Crippen LogP contribution >= 0.6 is 0 Å². The highest BCUT2D eigenvalue weighted by Gasteiger charge is 2.32. The Balaban J connectivity index is 1.93. The van der Waals surface area contributed by atoms with E-state index in [4.69, 9.17) is 5.73 Å². The monoisotopic (exact) mass is 279 g/mol. The minimum absolute atomic E-state index is 0.223. The number of aliphatic hydroxyl groups is 1. The number of aromatic nitrogens is 2. The molecule has 0 atom stereocenters. The standard InChI is InChI=1S/C14H25N5O/c1-3-10-4-6-14(20,7-5-10)9-17-12-8-11(16-2)18-13(15)19-12/h8,10,20H,3-7,9H2,1-2H3,(H4,15,16,17,18,19). The number of anilines is 3. The van der Waals surface area contributed by atoms with Gasteiger partial charge in [0.05, 0.1) is 5.60 Å². The lowest BCUT2D eigenvalue weighted by Gasteiger charge is -2.36. The molecule has 1 aliphatic rings. The van der Waals surface area contributed by atoms with Crippen LogP contribution in [-0.4, -0.2) is 34.3 Å². The van der Waals surface area contributed by atoms with Gasteiger partial charge in [-0.05, 0) is 31.6 Å². The van der Waals surface area contributed by atoms with E-state index in [1.54, 1.807) is 13.1 Å². The Morgan fingerprint density at radius 2 is 2.00 bits per heavy atom. The second kappa shape index (κ2) is 6.26. The number of hydrogen-bond acceptors (Lipinski definition) is 6. The molecule has 1 aromatic rings. The average molecular weight is 279 g/mol. The van der Waals surface area contributed by atoms with Crippen LogP contribution in [0.15, 0.2) is 6.07 Å². The van der Waals surface area contributed by atoms with E-state index in [1.807, 2.05) is 0 Å². The predicted molar refractivity (Wildman–Crippen MR) is 81.7 cm³/mol. The third kappa shape index (κ3) is 3.72. The molecule has 20 heavy (non-hydrogen) atoms. The van der Waals surface area contributed by atoms with Crippen molar-refractivity contribution in [1.82, 2.24) is 9.97 Å². The van der Waals surface area contributed by atoms with Gasteiger partial charge in [0.25, 0.3) is 0 Å². The van der Waals surface area contributed by atoms with Crippen LogP contribution in [0.4, 0.5) is 17.6 Å². The van der Waals surface area contributed by atoms with Crippen LogP contribution in [0.2, 0.25) is 0 Å². The van der Waals surface area contributed by atoms with Crippen molar-refractivity contribution in [2.24, 2.45) is 5.92 Å². The van der Waals surface area contributed by atoms with Gasteiger partial charge in [-0.3, -0.25) is 0 Å². The summed E-state index contributed by atoms with van der Waals surface area (Å²) in [6.45, 7) is 2.72. The molecule has 0 spiro atoms. The van der Waals surface area contributed by atoms with E-state index in [2.05, 4.69) is 27.5 Å². The molecule has 112 valence electrons. The lowest BCUT2D eigenvalue weighted by molar-refractivity contribution is 0.00223. The lowest BCUT2D eigenvalue weighted by Crippen LogP contribution is -2.40. The Hall–Kier alpha value is -1.56. The summed E-state index contributed by atoms with van der Waals surface area (Å²) in [6, 6.07) is 1.79. The van der Waals surface area contributed by atoms with Crippen molar-refractivity contribution in [3.63, 3.8) is 0 Å². The van der Waals surface area contributed by atoms with Gasteiger partial charge in [0, 0.05) is 19.7 Å². The van der Waals surface area contributed by atoms with Crippen LogP contribution in [0.5, 0.6) is 0 Å². The van der Waals surface area contributed by atoms with Crippen molar-refractivity contribution in [3.05, 3.63) is 6.07 Å². The molecule has 1 fully saturated rings. The molecule has 6 nitrogen and oxygen atoms in total. The molecule has 1 heterocycles. The molecular formula is C14H25N5O. The van der Waals surface area contributed by atoms with Gasteiger partial charge in [0.2, 0.25) is 5.95 Å². The van der Waals surface area contributed by atoms with Crippen molar-refractivity contribution in [2.75, 3.05) is 30.0 Å². The van der Waals surface area contributed by atoms with Gasteiger partial charge in [0.15, 0.2) is 0 Å². The zero-order valence-electron chi connectivity index (χ0n) is 12.3. The van der Waals surface area contributed by atoms with Gasteiger partial charge in [0.1, 0.15) is 11.6 Å². The van der Waals surface area contributed by atoms with E-state index in [0.717, 1.165) is 31.6 Å². The fraction of sp³-hybridized carbons (Fsp3) is 0.714. The first-order chi connectivity index (χ1) is 9.54. The zero-order valence-corrected chi connectivity index (χ0v) is 12.3. The second-order valence-electron chi connectivity index (χ2n) is 5.68. The van der Waals surface area contributed by atoms with E-state index in [-0.39, 0.29) is 5.95 Å². The number of nitrogens with zero attached hydrogens (tertiary/aromatic N) is 2. The van der Waals surface area contributed by atoms with Gasteiger partial charge in [-0.2, -0.15) is 9.97 Å². The lowest BCUT2D eigenvalue weighted by atomic mass is 9.78. The van der Waals surface area contributed by atoms with Crippen molar-refractivity contribution in [3.8, 4) is 0 Å². The first-order valence-corrected chi connectivity index (χ1v) is 7.33. The Kier molecular flexibility index (Phi) is 4.65. The van der Waals surface area contributed by atoms with Crippen LogP contribution < -0.4 is 16.4 Å². The number of nitrogen functional groups attached to an aromatic ring is 1. The molecule has 0 saturated heterocycles. The highest BCUT2D eigenvalue weighted by molar-refractivity contribution is 5.50. The maximum Gasteiger partial charge on any atom is 0.223 e. The van der Waals surface area contributed by atoms with Gasteiger partial charge < -0.3 is 21.5 Å². The maximum absolute atomic E-state index is 10.6. The SMILES string of the molecule is CCC1CCC(O)(CNc2cc(NC)nc(N)n2)CC1. The number of rotatable bonds is 5. The summed E-state index contributed by atoms with van der Waals surface area (Å²) in [6.07, 6.45) is 5.10. The van der Waals surface area contributed by atoms with Crippen LogP contribution in [0.1, 0.15) is 39.0 Å². The molecule has 0 bridgehead atoms. The Labute approximate surface area is 120 Å². The smallest absolute Gasteiger partial charge is 0.223 e. The molecule has 0 amide bonds. The van der Waals surface area contributed by atoms with E-state index in [0.29, 0.717) is 18.2 Å². The van der Waals surface area contributed by atoms with Gasteiger partial charge in [-0.25, -0.2) is 0 Å². The van der Waals surface area contributed by atoms with Crippen LogP contribution in [0, 0.1) is 5.92 Å². The molecule has 1 aliphatic carbocycles. The summed E-state index contributed by atoms with van der Waals surface area (Å²) in [4.78, 5) is 8.17. The largest absolute Gasteiger partial charge is 0.388 e.